The van der Waals surface area contributed by atoms with E-state index in [0.29, 0.717) is 24.7 Å². The van der Waals surface area contributed by atoms with Gasteiger partial charge in [-0.05, 0) is 48.9 Å². The van der Waals surface area contributed by atoms with Crippen LogP contribution < -0.4 is 4.74 Å². The van der Waals surface area contributed by atoms with Gasteiger partial charge in [-0.3, -0.25) is 0 Å². The van der Waals surface area contributed by atoms with Crippen molar-refractivity contribution >= 4 is 10.2 Å². The minimum Gasteiger partial charge on any atom is -0.493 e. The van der Waals surface area contributed by atoms with Gasteiger partial charge in [-0.15, -0.1) is 0 Å². The van der Waals surface area contributed by atoms with Crippen molar-refractivity contribution in [3.63, 3.8) is 0 Å². The van der Waals surface area contributed by atoms with Crippen LogP contribution in [-0.2, 0) is 0 Å². The molecule has 24 heavy (non-hydrogen) atoms. The first-order valence-corrected chi connectivity index (χ1v) is 10.4. The largest absolute Gasteiger partial charge is 0.493 e. The van der Waals surface area contributed by atoms with E-state index >= 15 is 0 Å². The molecule has 140 valence electrons. The SMILES string of the molecule is CCCC[C@H]1CC[C@H](COc2ccc(S(F)(F)(F)(F)F)cc2)CC1. The fraction of sp³-hybridized carbons (Fsp3) is 0.647. The molecule has 0 aliphatic heterocycles. The van der Waals surface area contributed by atoms with E-state index in [0.717, 1.165) is 43.7 Å². The summed E-state index contributed by atoms with van der Waals surface area (Å²) in [6.45, 7) is 2.61. The third-order valence-electron chi connectivity index (χ3n) is 4.69. The van der Waals surface area contributed by atoms with E-state index in [9.17, 15) is 19.4 Å². The van der Waals surface area contributed by atoms with Gasteiger partial charge >= 0.3 is 10.2 Å². The topological polar surface area (TPSA) is 9.23 Å². The molecule has 1 aliphatic carbocycles. The lowest BCUT2D eigenvalue weighted by Gasteiger charge is -2.40. The molecule has 1 fully saturated rings. The van der Waals surface area contributed by atoms with E-state index in [1.807, 2.05) is 0 Å². The second kappa shape index (κ2) is 6.39. The van der Waals surface area contributed by atoms with Gasteiger partial charge in [0.15, 0.2) is 0 Å². The summed E-state index contributed by atoms with van der Waals surface area (Å²) in [5.74, 6) is 1.37. The molecule has 1 nitrogen and oxygen atoms in total. The summed E-state index contributed by atoms with van der Waals surface area (Å²) in [6, 6.07) is 2.75. The van der Waals surface area contributed by atoms with Gasteiger partial charge in [0.05, 0.1) is 6.61 Å². The Morgan fingerprint density at radius 2 is 1.46 bits per heavy atom. The average Bonchev–Trinajstić information content (AvgIpc) is 2.50. The highest BCUT2D eigenvalue weighted by Crippen LogP contribution is 3.02. The third kappa shape index (κ3) is 5.83. The van der Waals surface area contributed by atoms with E-state index in [-0.39, 0.29) is 5.75 Å². The van der Waals surface area contributed by atoms with Crippen LogP contribution in [0.4, 0.5) is 19.4 Å². The summed E-state index contributed by atoms with van der Waals surface area (Å²) in [4.78, 5) is -1.88. The van der Waals surface area contributed by atoms with Gasteiger partial charge in [0.1, 0.15) is 10.6 Å². The Bertz CT molecular complexity index is 532. The molecule has 0 bridgehead atoms. The second-order valence-corrected chi connectivity index (χ2v) is 9.19. The minimum atomic E-state index is -9.59. The first-order valence-electron chi connectivity index (χ1n) is 8.45. The first-order chi connectivity index (χ1) is 11.0. The van der Waals surface area contributed by atoms with Crippen LogP contribution in [0.25, 0.3) is 0 Å². The van der Waals surface area contributed by atoms with Crippen molar-refractivity contribution in [2.24, 2.45) is 11.8 Å². The zero-order chi connectivity index (χ0) is 17.9. The molecule has 0 spiro atoms. The van der Waals surface area contributed by atoms with Crippen LogP contribution in [0.15, 0.2) is 29.2 Å². The normalized spacial score (nSPS) is 24.9. The molecule has 0 radical (unpaired) electrons. The first kappa shape index (κ1) is 19.3. The molecular weight excluding hydrogens is 347 g/mol. The van der Waals surface area contributed by atoms with Crippen LogP contribution in [0.1, 0.15) is 51.9 Å². The number of halogens is 5. The highest BCUT2D eigenvalue weighted by molar-refractivity contribution is 8.45. The zero-order valence-electron chi connectivity index (χ0n) is 13.8. The Kier molecular flexibility index (Phi) is 5.15. The van der Waals surface area contributed by atoms with Crippen molar-refractivity contribution in [1.29, 1.82) is 0 Å². The molecule has 0 saturated heterocycles. The van der Waals surface area contributed by atoms with Crippen molar-refractivity contribution in [1.82, 2.24) is 0 Å². The van der Waals surface area contributed by atoms with Crippen LogP contribution in [0.5, 0.6) is 5.75 Å². The lowest BCUT2D eigenvalue weighted by molar-refractivity contribution is 0.178. The standard InChI is InChI=1S/C17H25F5OS/c1-2-3-4-14-5-7-15(8-6-14)13-23-16-9-11-17(12-10-16)24(18,19,20,21)22/h9-12,14-15H,2-8,13H2,1H3/t14-,15-. The van der Waals surface area contributed by atoms with E-state index in [1.165, 1.54) is 19.3 Å². The summed E-state index contributed by atoms with van der Waals surface area (Å²) in [5, 5.41) is 0. The van der Waals surface area contributed by atoms with Gasteiger partial charge < -0.3 is 4.74 Å². The quantitative estimate of drug-likeness (QED) is 0.445. The van der Waals surface area contributed by atoms with Crippen LogP contribution in [0.2, 0.25) is 0 Å². The second-order valence-electron chi connectivity index (χ2n) is 6.78. The van der Waals surface area contributed by atoms with Crippen molar-refractivity contribution < 1.29 is 24.2 Å². The van der Waals surface area contributed by atoms with Gasteiger partial charge in [-0.1, -0.05) is 58.5 Å². The molecule has 0 unspecified atom stereocenters. The Morgan fingerprint density at radius 1 is 0.917 bits per heavy atom. The maximum Gasteiger partial charge on any atom is 0.310 e. The molecule has 1 aromatic carbocycles. The molecule has 0 atom stereocenters. The van der Waals surface area contributed by atoms with Gasteiger partial charge in [0.2, 0.25) is 0 Å². The van der Waals surface area contributed by atoms with Gasteiger partial charge in [0.25, 0.3) is 0 Å². The molecule has 0 amide bonds. The van der Waals surface area contributed by atoms with Gasteiger partial charge in [-0.25, -0.2) is 0 Å². The smallest absolute Gasteiger partial charge is 0.310 e. The maximum absolute atomic E-state index is 12.6. The van der Waals surface area contributed by atoms with Crippen LogP contribution in [0, 0.1) is 11.8 Å². The van der Waals surface area contributed by atoms with Crippen molar-refractivity contribution in [3.05, 3.63) is 24.3 Å². The summed E-state index contributed by atoms with van der Waals surface area (Å²) in [7, 11) is -9.59. The Labute approximate surface area is 140 Å². The van der Waals surface area contributed by atoms with E-state index in [4.69, 9.17) is 4.74 Å². The summed E-state index contributed by atoms with van der Waals surface area (Å²) < 4.78 is 68.7. The van der Waals surface area contributed by atoms with Crippen LogP contribution in [0.3, 0.4) is 0 Å². The maximum atomic E-state index is 12.6. The number of rotatable bonds is 7. The lowest BCUT2D eigenvalue weighted by Crippen LogP contribution is -2.20. The highest BCUT2D eigenvalue weighted by Gasteiger charge is 2.65. The van der Waals surface area contributed by atoms with Crippen molar-refractivity contribution in [2.75, 3.05) is 6.61 Å². The third-order valence-corrected chi connectivity index (χ3v) is 5.85. The number of benzene rings is 1. The summed E-state index contributed by atoms with van der Waals surface area (Å²) in [6.07, 6.45) is 8.16. The number of unbranched alkanes of at least 4 members (excludes halogenated alkanes) is 1. The number of ether oxygens (including phenoxy) is 1. The molecule has 1 aromatic rings. The number of hydrogen-bond donors (Lipinski definition) is 0. The molecule has 0 heterocycles. The fourth-order valence-electron chi connectivity index (χ4n) is 3.19. The predicted octanol–water partition coefficient (Wildman–Crippen LogP) is 7.72. The van der Waals surface area contributed by atoms with Crippen LogP contribution >= 0.6 is 10.2 Å². The van der Waals surface area contributed by atoms with Crippen molar-refractivity contribution in [3.8, 4) is 5.75 Å². The molecule has 0 aromatic heterocycles. The number of hydrogen-bond acceptors (Lipinski definition) is 1. The molecular formula is C17H25F5OS. The minimum absolute atomic E-state index is 0.203. The van der Waals surface area contributed by atoms with Crippen LogP contribution in [-0.4, -0.2) is 6.61 Å². The average molecular weight is 372 g/mol. The Morgan fingerprint density at radius 3 is 1.96 bits per heavy atom. The monoisotopic (exact) mass is 372 g/mol. The molecule has 2 rings (SSSR count). The van der Waals surface area contributed by atoms with E-state index < -0.39 is 15.1 Å². The van der Waals surface area contributed by atoms with E-state index in [1.54, 1.807) is 0 Å². The van der Waals surface area contributed by atoms with Gasteiger partial charge in [-0.2, -0.15) is 0 Å². The van der Waals surface area contributed by atoms with Gasteiger partial charge in [0, 0.05) is 0 Å². The summed E-state index contributed by atoms with van der Waals surface area (Å²) in [5.41, 5.74) is 0. The Balaban J connectivity index is 1.82. The molecule has 0 N–H and O–H groups in total. The fourth-order valence-corrected chi connectivity index (χ4v) is 3.84. The Hall–Kier alpha value is -0.980. The molecule has 1 aliphatic rings. The lowest BCUT2D eigenvalue weighted by atomic mass is 9.80. The molecule has 7 heteroatoms. The zero-order valence-corrected chi connectivity index (χ0v) is 14.6. The highest BCUT2D eigenvalue weighted by atomic mass is 32.5. The van der Waals surface area contributed by atoms with Crippen molar-refractivity contribution in [2.45, 2.75) is 56.8 Å². The van der Waals surface area contributed by atoms with E-state index in [2.05, 4.69) is 6.92 Å². The predicted molar refractivity (Wildman–Crippen MR) is 88.3 cm³/mol. The molecule has 1 saturated carbocycles. The summed E-state index contributed by atoms with van der Waals surface area (Å²) >= 11 is 0.